The molecule has 0 saturated heterocycles. The Morgan fingerprint density at radius 3 is 2.84 bits per heavy atom. The molecule has 0 radical (unpaired) electrons. The van der Waals surface area contributed by atoms with Crippen LogP contribution in [0.1, 0.15) is 33.1 Å². The van der Waals surface area contributed by atoms with Crippen LogP contribution in [-0.4, -0.2) is 27.5 Å². The first kappa shape index (κ1) is 13.5. The Kier molecular flexibility index (Phi) is 4.13. The lowest BCUT2D eigenvalue weighted by atomic mass is 10.1. The molecule has 1 aromatic rings. The molecule has 104 valence electrons. The molecule has 1 fully saturated rings. The summed E-state index contributed by atoms with van der Waals surface area (Å²) in [5.74, 6) is 1.35. The number of rotatable bonds is 7. The molecule has 0 amide bonds. The largest absolute Gasteiger partial charge is 0.361 e. The Morgan fingerprint density at radius 1 is 1.53 bits per heavy atom. The standard InChI is InChI=1S/C12H19N5O2/c1-8(2)5-6-13-12-14-7-10(17(18)19)11(16-12)15-9-3-4-9/h7-9H,3-6H2,1-2H3,(H2,13,14,15,16). The molecule has 0 aliphatic heterocycles. The molecule has 1 heterocycles. The third kappa shape index (κ3) is 4.04. The highest BCUT2D eigenvalue weighted by Gasteiger charge is 2.26. The molecule has 19 heavy (non-hydrogen) atoms. The second-order valence-corrected chi connectivity index (χ2v) is 5.21. The van der Waals surface area contributed by atoms with Gasteiger partial charge in [0, 0.05) is 12.6 Å². The Hall–Kier alpha value is -1.92. The molecule has 1 aliphatic carbocycles. The Bertz CT molecular complexity index is 459. The lowest BCUT2D eigenvalue weighted by molar-refractivity contribution is -0.384. The Labute approximate surface area is 112 Å². The highest BCUT2D eigenvalue weighted by Crippen LogP contribution is 2.29. The summed E-state index contributed by atoms with van der Waals surface area (Å²) < 4.78 is 0. The topological polar surface area (TPSA) is 93.0 Å². The van der Waals surface area contributed by atoms with Crippen LogP contribution in [-0.2, 0) is 0 Å². The third-order valence-electron chi connectivity index (χ3n) is 2.89. The van der Waals surface area contributed by atoms with Crippen LogP contribution in [0.15, 0.2) is 6.20 Å². The summed E-state index contributed by atoms with van der Waals surface area (Å²) in [5.41, 5.74) is -0.0682. The van der Waals surface area contributed by atoms with Crippen LogP contribution in [0, 0.1) is 16.0 Å². The molecule has 0 spiro atoms. The van der Waals surface area contributed by atoms with Crippen molar-refractivity contribution < 1.29 is 4.92 Å². The first-order valence-corrected chi connectivity index (χ1v) is 6.58. The minimum Gasteiger partial charge on any atom is -0.361 e. The van der Waals surface area contributed by atoms with Gasteiger partial charge in [-0.25, -0.2) is 4.98 Å². The SMILES string of the molecule is CC(C)CCNc1ncc([N+](=O)[O-])c(NC2CC2)n1. The van der Waals surface area contributed by atoms with Gasteiger partial charge < -0.3 is 10.6 Å². The number of aromatic nitrogens is 2. The first-order valence-electron chi connectivity index (χ1n) is 6.58. The quantitative estimate of drug-likeness (QED) is 0.581. The van der Waals surface area contributed by atoms with Crippen LogP contribution in [0.2, 0.25) is 0 Å². The maximum absolute atomic E-state index is 10.9. The van der Waals surface area contributed by atoms with Gasteiger partial charge in [-0.05, 0) is 25.2 Å². The summed E-state index contributed by atoms with van der Waals surface area (Å²) in [5, 5.41) is 17.1. The summed E-state index contributed by atoms with van der Waals surface area (Å²) in [4.78, 5) is 18.6. The number of anilines is 2. The molecule has 1 aliphatic rings. The van der Waals surface area contributed by atoms with Crippen molar-refractivity contribution in [1.82, 2.24) is 9.97 Å². The summed E-state index contributed by atoms with van der Waals surface area (Å²) in [7, 11) is 0. The van der Waals surface area contributed by atoms with Crippen molar-refractivity contribution in [3.8, 4) is 0 Å². The van der Waals surface area contributed by atoms with Crippen LogP contribution in [0.4, 0.5) is 17.5 Å². The molecule has 7 nitrogen and oxygen atoms in total. The molecule has 0 unspecified atom stereocenters. The van der Waals surface area contributed by atoms with E-state index in [0.29, 0.717) is 23.7 Å². The molecule has 0 atom stereocenters. The highest BCUT2D eigenvalue weighted by atomic mass is 16.6. The summed E-state index contributed by atoms with van der Waals surface area (Å²) in [6.45, 7) is 5.04. The molecule has 1 saturated carbocycles. The lowest BCUT2D eigenvalue weighted by Gasteiger charge is -2.09. The highest BCUT2D eigenvalue weighted by molar-refractivity contribution is 5.57. The molecule has 2 rings (SSSR count). The number of nitrogens with zero attached hydrogens (tertiary/aromatic N) is 3. The summed E-state index contributed by atoms with van der Waals surface area (Å²) in [6, 6.07) is 0.317. The number of hydrogen-bond acceptors (Lipinski definition) is 6. The molecule has 1 aromatic heterocycles. The second kappa shape index (κ2) is 5.81. The molecule has 2 N–H and O–H groups in total. The van der Waals surface area contributed by atoms with Crippen LogP contribution in [0.3, 0.4) is 0 Å². The molecule has 7 heteroatoms. The fourth-order valence-corrected chi connectivity index (χ4v) is 1.59. The average molecular weight is 265 g/mol. The smallest absolute Gasteiger partial charge is 0.329 e. The zero-order valence-corrected chi connectivity index (χ0v) is 11.2. The lowest BCUT2D eigenvalue weighted by Crippen LogP contribution is -2.12. The van der Waals surface area contributed by atoms with E-state index in [0.717, 1.165) is 25.8 Å². The summed E-state index contributed by atoms with van der Waals surface area (Å²) in [6.07, 6.45) is 4.34. The van der Waals surface area contributed by atoms with Crippen molar-refractivity contribution in [2.45, 2.75) is 39.2 Å². The van der Waals surface area contributed by atoms with Crippen molar-refractivity contribution in [3.63, 3.8) is 0 Å². The number of nitro groups is 1. The normalized spacial score (nSPS) is 14.5. The van der Waals surface area contributed by atoms with Gasteiger partial charge in [-0.15, -0.1) is 0 Å². The molecule has 0 aromatic carbocycles. The predicted octanol–water partition coefficient (Wildman–Crippen LogP) is 2.42. The fraction of sp³-hybridized carbons (Fsp3) is 0.667. The Morgan fingerprint density at radius 2 is 2.26 bits per heavy atom. The van der Waals surface area contributed by atoms with E-state index in [1.807, 2.05) is 0 Å². The number of hydrogen-bond donors (Lipinski definition) is 2. The fourth-order valence-electron chi connectivity index (χ4n) is 1.59. The van der Waals surface area contributed by atoms with E-state index in [1.54, 1.807) is 0 Å². The average Bonchev–Trinajstić information content (AvgIpc) is 3.12. The van der Waals surface area contributed by atoms with Crippen LogP contribution in [0.5, 0.6) is 0 Å². The Balaban J connectivity index is 2.05. The van der Waals surface area contributed by atoms with E-state index in [2.05, 4.69) is 34.4 Å². The van der Waals surface area contributed by atoms with E-state index in [9.17, 15) is 10.1 Å². The zero-order chi connectivity index (χ0) is 13.8. The minimum absolute atomic E-state index is 0.0682. The van der Waals surface area contributed by atoms with E-state index in [4.69, 9.17) is 0 Å². The van der Waals surface area contributed by atoms with Gasteiger partial charge in [0.05, 0.1) is 4.92 Å². The number of nitrogens with one attached hydrogen (secondary N) is 2. The third-order valence-corrected chi connectivity index (χ3v) is 2.89. The van der Waals surface area contributed by atoms with E-state index in [1.165, 1.54) is 6.20 Å². The van der Waals surface area contributed by atoms with Crippen molar-refractivity contribution >= 4 is 17.5 Å². The molecule has 0 bridgehead atoms. The van der Waals surface area contributed by atoms with E-state index >= 15 is 0 Å². The van der Waals surface area contributed by atoms with Gasteiger partial charge in [0.2, 0.25) is 11.8 Å². The minimum atomic E-state index is -0.456. The van der Waals surface area contributed by atoms with Gasteiger partial charge in [-0.2, -0.15) is 4.98 Å². The van der Waals surface area contributed by atoms with E-state index in [-0.39, 0.29) is 5.69 Å². The predicted molar refractivity (Wildman–Crippen MR) is 73.3 cm³/mol. The van der Waals surface area contributed by atoms with Crippen molar-refractivity contribution in [3.05, 3.63) is 16.3 Å². The van der Waals surface area contributed by atoms with Gasteiger partial charge in [-0.3, -0.25) is 10.1 Å². The van der Waals surface area contributed by atoms with Crippen molar-refractivity contribution in [2.75, 3.05) is 17.2 Å². The van der Waals surface area contributed by atoms with Gasteiger partial charge >= 0.3 is 5.69 Å². The zero-order valence-electron chi connectivity index (χ0n) is 11.2. The van der Waals surface area contributed by atoms with Gasteiger partial charge in [0.15, 0.2) is 0 Å². The van der Waals surface area contributed by atoms with Crippen molar-refractivity contribution in [1.29, 1.82) is 0 Å². The van der Waals surface area contributed by atoms with Crippen molar-refractivity contribution in [2.24, 2.45) is 5.92 Å². The second-order valence-electron chi connectivity index (χ2n) is 5.21. The van der Waals surface area contributed by atoms with Crippen LogP contribution < -0.4 is 10.6 Å². The van der Waals surface area contributed by atoms with E-state index < -0.39 is 4.92 Å². The van der Waals surface area contributed by atoms with Gasteiger partial charge in [-0.1, -0.05) is 13.8 Å². The van der Waals surface area contributed by atoms with Gasteiger partial charge in [0.25, 0.3) is 0 Å². The first-order chi connectivity index (χ1) is 9.06. The maximum atomic E-state index is 10.9. The molecular formula is C12H19N5O2. The summed E-state index contributed by atoms with van der Waals surface area (Å²) >= 11 is 0. The maximum Gasteiger partial charge on any atom is 0.329 e. The monoisotopic (exact) mass is 265 g/mol. The van der Waals surface area contributed by atoms with Crippen LogP contribution in [0.25, 0.3) is 0 Å². The van der Waals surface area contributed by atoms with Gasteiger partial charge in [0.1, 0.15) is 6.20 Å². The molecular weight excluding hydrogens is 246 g/mol. The van der Waals surface area contributed by atoms with Crippen LogP contribution >= 0.6 is 0 Å².